The highest BCUT2D eigenvalue weighted by Gasteiger charge is 2.13. The summed E-state index contributed by atoms with van der Waals surface area (Å²) in [7, 11) is 1.36. The molecule has 3 aromatic rings. The predicted molar refractivity (Wildman–Crippen MR) is 104 cm³/mol. The molecule has 6 heteroatoms. The summed E-state index contributed by atoms with van der Waals surface area (Å²) in [6, 6.07) is 17.2. The molecule has 138 valence electrons. The molecule has 1 heterocycles. The second kappa shape index (κ2) is 8.80. The van der Waals surface area contributed by atoms with Crippen LogP contribution in [0.4, 0.5) is 0 Å². The van der Waals surface area contributed by atoms with Gasteiger partial charge in [-0.2, -0.15) is 0 Å². The number of ether oxygens (including phenoxy) is 1. The topological polar surface area (TPSA) is 73.2 Å². The smallest absolute Gasteiger partial charge is 0.325 e. The van der Waals surface area contributed by atoms with Crippen LogP contribution in [0.3, 0.4) is 0 Å². The Bertz CT molecular complexity index is 961. The van der Waals surface area contributed by atoms with E-state index in [-0.39, 0.29) is 18.4 Å². The predicted octanol–water partition coefficient (Wildman–Crippen LogP) is 2.58. The molecule has 0 aliphatic heterocycles. The number of nitrogens with one attached hydrogen (secondary N) is 1. The van der Waals surface area contributed by atoms with Crippen molar-refractivity contribution in [1.29, 1.82) is 0 Å². The van der Waals surface area contributed by atoms with Crippen LogP contribution >= 0.6 is 0 Å². The molecule has 0 aliphatic rings. The van der Waals surface area contributed by atoms with Crippen molar-refractivity contribution < 1.29 is 14.3 Å². The van der Waals surface area contributed by atoms with E-state index >= 15 is 0 Å². The number of carbonyl (C=O) groups is 2. The van der Waals surface area contributed by atoms with E-state index in [0.29, 0.717) is 13.0 Å². The van der Waals surface area contributed by atoms with Crippen LogP contribution in [0.1, 0.15) is 11.4 Å². The number of imidazole rings is 1. The molecule has 1 N–H and O–H groups in total. The molecule has 0 saturated heterocycles. The standard InChI is InChI=1S/C21H21N3O3/c1-27-21(26)15-24-18-10-6-5-9-17(18)23-19(24)13-14-22-20(25)12-11-16-7-3-2-4-8-16/h2-12H,13-15H2,1H3,(H,22,25)/b12-11+. The lowest BCUT2D eigenvalue weighted by Crippen LogP contribution is -2.25. The van der Waals surface area contributed by atoms with Gasteiger partial charge in [0.2, 0.25) is 5.91 Å². The summed E-state index contributed by atoms with van der Waals surface area (Å²) in [4.78, 5) is 28.3. The molecule has 0 spiro atoms. The van der Waals surface area contributed by atoms with Gasteiger partial charge in [-0.1, -0.05) is 42.5 Å². The van der Waals surface area contributed by atoms with Crippen molar-refractivity contribution in [3.8, 4) is 0 Å². The zero-order chi connectivity index (χ0) is 19.1. The number of hydrogen-bond acceptors (Lipinski definition) is 4. The third-order valence-electron chi connectivity index (χ3n) is 4.12. The molecule has 0 fully saturated rings. The van der Waals surface area contributed by atoms with Gasteiger partial charge < -0.3 is 14.6 Å². The van der Waals surface area contributed by atoms with Crippen LogP contribution in [0.25, 0.3) is 17.1 Å². The van der Waals surface area contributed by atoms with E-state index in [9.17, 15) is 9.59 Å². The minimum atomic E-state index is -0.339. The van der Waals surface area contributed by atoms with Crippen molar-refractivity contribution in [2.45, 2.75) is 13.0 Å². The monoisotopic (exact) mass is 363 g/mol. The summed E-state index contributed by atoms with van der Waals surface area (Å²) < 4.78 is 6.60. The summed E-state index contributed by atoms with van der Waals surface area (Å²) in [6.45, 7) is 0.511. The summed E-state index contributed by atoms with van der Waals surface area (Å²) >= 11 is 0. The summed E-state index contributed by atoms with van der Waals surface area (Å²) in [6.07, 6.45) is 3.78. The minimum Gasteiger partial charge on any atom is -0.468 e. The fourth-order valence-corrected chi connectivity index (χ4v) is 2.78. The number of methoxy groups -OCH3 is 1. The van der Waals surface area contributed by atoms with Crippen molar-refractivity contribution >= 4 is 29.0 Å². The molecule has 0 atom stereocenters. The SMILES string of the molecule is COC(=O)Cn1c(CCNC(=O)/C=C/c2ccccc2)nc2ccccc21. The second-order valence-corrected chi connectivity index (χ2v) is 5.96. The van der Waals surface area contributed by atoms with Gasteiger partial charge >= 0.3 is 5.97 Å². The maximum Gasteiger partial charge on any atom is 0.325 e. The normalized spacial score (nSPS) is 11.0. The summed E-state index contributed by atoms with van der Waals surface area (Å²) in [5.41, 5.74) is 2.65. The van der Waals surface area contributed by atoms with Crippen LogP contribution in [-0.4, -0.2) is 35.1 Å². The minimum absolute atomic E-state index is 0.0915. The van der Waals surface area contributed by atoms with Gasteiger partial charge in [-0.15, -0.1) is 0 Å². The number of rotatable bonds is 7. The molecule has 27 heavy (non-hydrogen) atoms. The number of esters is 1. The number of aromatic nitrogens is 2. The van der Waals surface area contributed by atoms with Gasteiger partial charge in [-0.05, 0) is 23.8 Å². The highest BCUT2D eigenvalue weighted by atomic mass is 16.5. The van der Waals surface area contributed by atoms with Crippen molar-refractivity contribution in [3.63, 3.8) is 0 Å². The number of benzene rings is 2. The number of para-hydroxylation sites is 2. The molecule has 2 aromatic carbocycles. The zero-order valence-corrected chi connectivity index (χ0v) is 15.1. The Hall–Kier alpha value is -3.41. The van der Waals surface area contributed by atoms with Crippen LogP contribution in [0, 0.1) is 0 Å². The number of amides is 1. The molecule has 1 amide bonds. The van der Waals surface area contributed by atoms with Crippen molar-refractivity contribution in [3.05, 3.63) is 72.1 Å². The number of carbonyl (C=O) groups excluding carboxylic acids is 2. The lowest BCUT2D eigenvalue weighted by Gasteiger charge is -2.08. The highest BCUT2D eigenvalue weighted by molar-refractivity contribution is 5.91. The van der Waals surface area contributed by atoms with Gasteiger partial charge in [0.15, 0.2) is 0 Å². The maximum absolute atomic E-state index is 12.0. The molecular formula is C21H21N3O3. The van der Waals surface area contributed by atoms with Crippen LogP contribution in [0.15, 0.2) is 60.7 Å². The van der Waals surface area contributed by atoms with E-state index in [1.54, 1.807) is 6.08 Å². The Balaban J connectivity index is 1.64. The fourth-order valence-electron chi connectivity index (χ4n) is 2.78. The molecule has 0 bridgehead atoms. The molecule has 0 saturated carbocycles. The lowest BCUT2D eigenvalue weighted by molar-refractivity contribution is -0.141. The fraction of sp³-hybridized carbons (Fsp3) is 0.190. The van der Waals surface area contributed by atoms with E-state index in [4.69, 9.17) is 4.74 Å². The zero-order valence-electron chi connectivity index (χ0n) is 15.1. The van der Waals surface area contributed by atoms with Crippen LogP contribution in [-0.2, 0) is 27.3 Å². The van der Waals surface area contributed by atoms with Gasteiger partial charge in [0.25, 0.3) is 0 Å². The van der Waals surface area contributed by atoms with E-state index in [1.165, 1.54) is 13.2 Å². The van der Waals surface area contributed by atoms with E-state index in [1.807, 2.05) is 59.2 Å². The van der Waals surface area contributed by atoms with Crippen molar-refractivity contribution in [1.82, 2.24) is 14.9 Å². The van der Waals surface area contributed by atoms with Crippen molar-refractivity contribution in [2.24, 2.45) is 0 Å². The first-order valence-corrected chi connectivity index (χ1v) is 8.69. The third kappa shape index (κ3) is 4.82. The Labute approximate surface area is 157 Å². The molecule has 6 nitrogen and oxygen atoms in total. The first-order chi connectivity index (χ1) is 13.2. The maximum atomic E-state index is 12.0. The van der Waals surface area contributed by atoms with Gasteiger partial charge in [0.1, 0.15) is 12.4 Å². The molecule has 0 radical (unpaired) electrons. The average molecular weight is 363 g/mol. The molecule has 1 aromatic heterocycles. The van der Waals surface area contributed by atoms with Crippen LogP contribution in [0.5, 0.6) is 0 Å². The van der Waals surface area contributed by atoms with Crippen LogP contribution in [0.2, 0.25) is 0 Å². The Morgan fingerprint density at radius 1 is 1.11 bits per heavy atom. The lowest BCUT2D eigenvalue weighted by atomic mass is 10.2. The molecule has 0 unspecified atom stereocenters. The Morgan fingerprint density at radius 2 is 1.85 bits per heavy atom. The number of fused-ring (bicyclic) bond motifs is 1. The average Bonchev–Trinajstić information content (AvgIpc) is 3.04. The highest BCUT2D eigenvalue weighted by Crippen LogP contribution is 2.16. The van der Waals surface area contributed by atoms with E-state index < -0.39 is 0 Å². The number of nitrogens with zero attached hydrogens (tertiary/aromatic N) is 2. The molecule has 0 aliphatic carbocycles. The Morgan fingerprint density at radius 3 is 2.63 bits per heavy atom. The van der Waals surface area contributed by atoms with Crippen molar-refractivity contribution in [2.75, 3.05) is 13.7 Å². The van der Waals surface area contributed by atoms with Gasteiger partial charge in [0.05, 0.1) is 18.1 Å². The van der Waals surface area contributed by atoms with Gasteiger partial charge in [-0.3, -0.25) is 9.59 Å². The first-order valence-electron chi connectivity index (χ1n) is 8.69. The Kier molecular flexibility index (Phi) is 5.99. The number of hydrogen-bond donors (Lipinski definition) is 1. The van der Waals surface area contributed by atoms with E-state index in [2.05, 4.69) is 10.3 Å². The molecular weight excluding hydrogens is 342 g/mol. The quantitative estimate of drug-likeness (QED) is 0.517. The summed E-state index contributed by atoms with van der Waals surface area (Å²) in [5, 5.41) is 2.85. The van der Waals surface area contributed by atoms with E-state index in [0.717, 1.165) is 22.4 Å². The first kappa shape index (κ1) is 18.4. The summed E-state index contributed by atoms with van der Waals surface area (Å²) in [5.74, 6) is 0.220. The van der Waals surface area contributed by atoms with Gasteiger partial charge in [-0.25, -0.2) is 4.98 Å². The third-order valence-corrected chi connectivity index (χ3v) is 4.12. The largest absolute Gasteiger partial charge is 0.468 e. The second-order valence-electron chi connectivity index (χ2n) is 5.96. The van der Waals surface area contributed by atoms with Gasteiger partial charge in [0, 0.05) is 19.0 Å². The van der Waals surface area contributed by atoms with Crippen LogP contribution < -0.4 is 5.32 Å². The molecule has 3 rings (SSSR count).